The van der Waals surface area contributed by atoms with E-state index in [0.29, 0.717) is 23.5 Å². The number of benzene rings is 1. The minimum Gasteiger partial charge on any atom is -0.493 e. The predicted molar refractivity (Wildman–Crippen MR) is 74.3 cm³/mol. The molecule has 1 fully saturated rings. The van der Waals surface area contributed by atoms with Crippen LogP contribution < -0.4 is 15.2 Å². The third-order valence-corrected chi connectivity index (χ3v) is 3.80. The number of ether oxygens (including phenoxy) is 2. The maximum Gasteiger partial charge on any atom is 0.162 e. The largest absolute Gasteiger partial charge is 0.493 e. The predicted octanol–water partition coefficient (Wildman–Crippen LogP) is 2.53. The van der Waals surface area contributed by atoms with Crippen molar-refractivity contribution in [3.63, 3.8) is 0 Å². The van der Waals surface area contributed by atoms with Crippen LogP contribution in [0.15, 0.2) is 18.2 Å². The maximum absolute atomic E-state index is 10.1. The smallest absolute Gasteiger partial charge is 0.162 e. The number of rotatable bonds is 5. The molecule has 2 rings (SSSR count). The summed E-state index contributed by atoms with van der Waals surface area (Å²) in [5.41, 5.74) is 5.20. The van der Waals surface area contributed by atoms with Crippen molar-refractivity contribution < 1.29 is 14.6 Å². The van der Waals surface area contributed by atoms with Gasteiger partial charge in [-0.2, -0.15) is 0 Å². The Balaban J connectivity index is 2.25. The van der Waals surface area contributed by atoms with Gasteiger partial charge in [0.1, 0.15) is 5.72 Å². The molecule has 1 atom stereocenters. The van der Waals surface area contributed by atoms with E-state index < -0.39 is 5.72 Å². The van der Waals surface area contributed by atoms with Crippen LogP contribution in [0.25, 0.3) is 0 Å². The molecule has 0 amide bonds. The number of hydrogen-bond acceptors (Lipinski definition) is 4. The van der Waals surface area contributed by atoms with Crippen LogP contribution in [-0.4, -0.2) is 18.3 Å². The van der Waals surface area contributed by atoms with Gasteiger partial charge in [0, 0.05) is 5.56 Å². The van der Waals surface area contributed by atoms with Crippen molar-refractivity contribution in [1.29, 1.82) is 0 Å². The Labute approximate surface area is 114 Å². The van der Waals surface area contributed by atoms with E-state index in [-0.39, 0.29) is 6.10 Å². The zero-order chi connectivity index (χ0) is 13.9. The Kier molecular flexibility index (Phi) is 4.32. The molecule has 1 aromatic rings. The van der Waals surface area contributed by atoms with Crippen molar-refractivity contribution >= 4 is 0 Å². The van der Waals surface area contributed by atoms with Gasteiger partial charge in [0.05, 0.1) is 13.2 Å². The second kappa shape index (κ2) is 5.80. The van der Waals surface area contributed by atoms with E-state index >= 15 is 0 Å². The summed E-state index contributed by atoms with van der Waals surface area (Å²) in [5.74, 6) is 1.35. The minimum atomic E-state index is -1.32. The standard InChI is InChI=1S/C15H23NO3/c1-3-15(16,17)11-8-9-13(18-2)14(10-11)19-12-6-4-5-7-12/h8-10,12,17H,3-7,16H2,1-2H3. The molecule has 4 nitrogen and oxygen atoms in total. The first-order valence-corrected chi connectivity index (χ1v) is 6.93. The van der Waals surface area contributed by atoms with E-state index in [9.17, 15) is 5.11 Å². The summed E-state index contributed by atoms with van der Waals surface area (Å²) in [6.07, 6.45) is 5.27. The molecule has 0 spiro atoms. The van der Waals surface area contributed by atoms with E-state index in [1.54, 1.807) is 25.3 Å². The molecule has 19 heavy (non-hydrogen) atoms. The Morgan fingerprint density at radius 2 is 2.00 bits per heavy atom. The molecule has 106 valence electrons. The quantitative estimate of drug-likeness (QED) is 0.803. The van der Waals surface area contributed by atoms with Gasteiger partial charge in [0.15, 0.2) is 11.5 Å². The van der Waals surface area contributed by atoms with Crippen molar-refractivity contribution in [3.05, 3.63) is 23.8 Å². The fraction of sp³-hybridized carbons (Fsp3) is 0.600. The summed E-state index contributed by atoms with van der Waals surface area (Å²) in [7, 11) is 1.62. The average Bonchev–Trinajstić information content (AvgIpc) is 2.91. The van der Waals surface area contributed by atoms with Crippen LogP contribution in [-0.2, 0) is 5.72 Å². The maximum atomic E-state index is 10.1. The summed E-state index contributed by atoms with van der Waals surface area (Å²) in [4.78, 5) is 0. The van der Waals surface area contributed by atoms with E-state index in [4.69, 9.17) is 15.2 Å². The third kappa shape index (κ3) is 3.19. The van der Waals surface area contributed by atoms with Crippen molar-refractivity contribution in [2.24, 2.45) is 5.73 Å². The number of methoxy groups -OCH3 is 1. The van der Waals surface area contributed by atoms with Crippen molar-refractivity contribution in [1.82, 2.24) is 0 Å². The second-order valence-electron chi connectivity index (χ2n) is 5.17. The van der Waals surface area contributed by atoms with Crippen molar-refractivity contribution in [2.45, 2.75) is 50.9 Å². The first kappa shape index (κ1) is 14.2. The first-order valence-electron chi connectivity index (χ1n) is 6.93. The number of hydrogen-bond donors (Lipinski definition) is 2. The molecule has 0 heterocycles. The molecule has 1 unspecified atom stereocenters. The van der Waals surface area contributed by atoms with Gasteiger partial charge in [-0.05, 0) is 44.2 Å². The molecule has 0 saturated heterocycles. The van der Waals surface area contributed by atoms with Gasteiger partial charge in [0.2, 0.25) is 0 Å². The monoisotopic (exact) mass is 265 g/mol. The Hall–Kier alpha value is -1.26. The van der Waals surface area contributed by atoms with Gasteiger partial charge in [-0.25, -0.2) is 0 Å². The molecule has 3 N–H and O–H groups in total. The van der Waals surface area contributed by atoms with Crippen LogP contribution in [0.5, 0.6) is 11.5 Å². The minimum absolute atomic E-state index is 0.247. The summed E-state index contributed by atoms with van der Waals surface area (Å²) in [6.45, 7) is 1.85. The van der Waals surface area contributed by atoms with E-state index in [1.807, 2.05) is 6.92 Å². The lowest BCUT2D eigenvalue weighted by molar-refractivity contribution is 0.0389. The molecule has 0 aromatic heterocycles. The zero-order valence-electron chi connectivity index (χ0n) is 11.7. The lowest BCUT2D eigenvalue weighted by Crippen LogP contribution is -2.35. The van der Waals surface area contributed by atoms with Gasteiger partial charge in [-0.1, -0.05) is 13.0 Å². The molecule has 0 radical (unpaired) electrons. The highest BCUT2D eigenvalue weighted by Crippen LogP contribution is 2.34. The molecule has 4 heteroatoms. The molecular weight excluding hydrogens is 242 g/mol. The Morgan fingerprint density at radius 1 is 1.32 bits per heavy atom. The SMILES string of the molecule is CCC(N)(O)c1ccc(OC)c(OC2CCCC2)c1. The second-order valence-corrected chi connectivity index (χ2v) is 5.17. The van der Waals surface area contributed by atoms with Gasteiger partial charge < -0.3 is 14.6 Å². The van der Waals surface area contributed by atoms with Crippen molar-refractivity contribution in [3.8, 4) is 11.5 Å². The molecule has 1 aromatic carbocycles. The molecular formula is C15H23NO3. The number of aliphatic hydroxyl groups is 1. The Morgan fingerprint density at radius 3 is 2.58 bits per heavy atom. The van der Waals surface area contributed by atoms with E-state index in [0.717, 1.165) is 12.8 Å². The van der Waals surface area contributed by atoms with Crippen LogP contribution in [0.3, 0.4) is 0 Å². The highest BCUT2D eigenvalue weighted by molar-refractivity contribution is 5.44. The number of nitrogens with two attached hydrogens (primary N) is 1. The molecule has 0 aliphatic heterocycles. The highest BCUT2D eigenvalue weighted by Gasteiger charge is 2.24. The fourth-order valence-electron chi connectivity index (χ4n) is 2.43. The van der Waals surface area contributed by atoms with Gasteiger partial charge in [-0.15, -0.1) is 0 Å². The molecule has 1 saturated carbocycles. The lowest BCUT2D eigenvalue weighted by Gasteiger charge is -2.24. The molecule has 1 aliphatic rings. The molecule has 0 bridgehead atoms. The summed E-state index contributed by atoms with van der Waals surface area (Å²) in [6, 6.07) is 5.37. The van der Waals surface area contributed by atoms with Crippen LogP contribution >= 0.6 is 0 Å². The highest BCUT2D eigenvalue weighted by atomic mass is 16.5. The summed E-state index contributed by atoms with van der Waals surface area (Å²) in [5, 5.41) is 10.1. The average molecular weight is 265 g/mol. The third-order valence-electron chi connectivity index (χ3n) is 3.80. The topological polar surface area (TPSA) is 64.7 Å². The van der Waals surface area contributed by atoms with Gasteiger partial charge in [0.25, 0.3) is 0 Å². The van der Waals surface area contributed by atoms with Crippen LogP contribution in [0.4, 0.5) is 0 Å². The molecule has 1 aliphatic carbocycles. The van der Waals surface area contributed by atoms with Gasteiger partial charge in [-0.3, -0.25) is 5.73 Å². The normalized spacial score (nSPS) is 19.2. The van der Waals surface area contributed by atoms with Gasteiger partial charge >= 0.3 is 0 Å². The zero-order valence-corrected chi connectivity index (χ0v) is 11.7. The van der Waals surface area contributed by atoms with Crippen LogP contribution in [0.1, 0.15) is 44.6 Å². The van der Waals surface area contributed by atoms with Crippen molar-refractivity contribution in [2.75, 3.05) is 7.11 Å². The lowest BCUT2D eigenvalue weighted by atomic mass is 10.0. The van der Waals surface area contributed by atoms with Crippen LogP contribution in [0.2, 0.25) is 0 Å². The fourth-order valence-corrected chi connectivity index (χ4v) is 2.43. The van der Waals surface area contributed by atoms with Crippen LogP contribution in [0, 0.1) is 0 Å². The Bertz CT molecular complexity index is 425. The first-order chi connectivity index (χ1) is 9.06. The summed E-state index contributed by atoms with van der Waals surface area (Å²) < 4.78 is 11.3. The summed E-state index contributed by atoms with van der Waals surface area (Å²) >= 11 is 0. The van der Waals surface area contributed by atoms with E-state index in [1.165, 1.54) is 12.8 Å². The van der Waals surface area contributed by atoms with E-state index in [2.05, 4.69) is 0 Å².